The molecular weight excluding hydrogens is 454 g/mol. The van der Waals surface area contributed by atoms with Crippen LogP contribution in [-0.2, 0) is 9.63 Å². The number of nitrogens with one attached hydrogen (secondary N) is 1. The number of benzene rings is 3. The molecule has 1 aliphatic rings. The van der Waals surface area contributed by atoms with Crippen LogP contribution in [0.15, 0.2) is 90.1 Å². The molecule has 0 bridgehead atoms. The van der Waals surface area contributed by atoms with Crippen LogP contribution in [0.5, 0.6) is 0 Å². The fraction of sp³-hybridized carbons (Fsp3) is 0.276. The van der Waals surface area contributed by atoms with Crippen molar-refractivity contribution in [3.63, 3.8) is 0 Å². The second-order valence-electron chi connectivity index (χ2n) is 8.84. The summed E-state index contributed by atoms with van der Waals surface area (Å²) in [7, 11) is 1.49. The van der Waals surface area contributed by atoms with Gasteiger partial charge in [-0.05, 0) is 35.2 Å². The van der Waals surface area contributed by atoms with Gasteiger partial charge >= 0.3 is 0 Å². The predicted octanol–water partition coefficient (Wildman–Crippen LogP) is 4.20. The van der Waals surface area contributed by atoms with Crippen molar-refractivity contribution >= 4 is 17.5 Å². The first kappa shape index (κ1) is 25.1. The number of aliphatic hydroxyl groups excluding tert-OH is 1. The minimum atomic E-state index is -0.765. The van der Waals surface area contributed by atoms with Crippen molar-refractivity contribution in [1.29, 1.82) is 0 Å². The number of hydrogen-bond donors (Lipinski definition) is 2. The Morgan fingerprint density at radius 2 is 1.64 bits per heavy atom. The molecule has 3 aromatic rings. The number of carbonyl (C=O) groups is 2. The van der Waals surface area contributed by atoms with Gasteiger partial charge < -0.3 is 20.2 Å². The minimum Gasteiger partial charge on any atom is -0.399 e. The number of amides is 2. The van der Waals surface area contributed by atoms with Crippen LogP contribution in [0.2, 0.25) is 0 Å². The summed E-state index contributed by atoms with van der Waals surface area (Å²) in [5, 5.41) is 17.1. The summed E-state index contributed by atoms with van der Waals surface area (Å²) in [5.41, 5.74) is 4.25. The minimum absolute atomic E-state index is 0.0965. The molecule has 1 saturated heterocycles. The second-order valence-corrected chi connectivity index (χ2v) is 8.84. The number of carbonyl (C=O) groups excluding carboxylic acids is 2. The molecule has 0 unspecified atom stereocenters. The van der Waals surface area contributed by atoms with Crippen LogP contribution in [-0.4, -0.2) is 53.8 Å². The number of nitrogens with zero attached hydrogens (tertiary/aromatic N) is 2. The fourth-order valence-corrected chi connectivity index (χ4v) is 4.45. The lowest BCUT2D eigenvalue weighted by Gasteiger charge is -2.24. The topological polar surface area (TPSA) is 91.2 Å². The summed E-state index contributed by atoms with van der Waals surface area (Å²) in [4.78, 5) is 32.6. The maximum atomic E-state index is 13.4. The van der Waals surface area contributed by atoms with Gasteiger partial charge in [0.25, 0.3) is 5.91 Å². The van der Waals surface area contributed by atoms with Gasteiger partial charge in [0.05, 0.1) is 18.4 Å². The molecule has 0 aliphatic carbocycles. The van der Waals surface area contributed by atoms with E-state index in [4.69, 9.17) is 4.84 Å². The van der Waals surface area contributed by atoms with Crippen LogP contribution in [0.1, 0.15) is 41.3 Å². The lowest BCUT2D eigenvalue weighted by Crippen LogP contribution is -2.37. The molecule has 7 heteroatoms. The molecule has 7 nitrogen and oxygen atoms in total. The molecule has 186 valence electrons. The first-order valence-corrected chi connectivity index (χ1v) is 12.1. The monoisotopic (exact) mass is 485 g/mol. The first-order chi connectivity index (χ1) is 17.5. The lowest BCUT2D eigenvalue weighted by molar-refractivity contribution is -0.121. The molecule has 1 heterocycles. The molecule has 1 aliphatic heterocycles. The van der Waals surface area contributed by atoms with Gasteiger partial charge in [0.1, 0.15) is 7.11 Å². The molecule has 36 heavy (non-hydrogen) atoms. The Kier molecular flexibility index (Phi) is 8.47. The van der Waals surface area contributed by atoms with Gasteiger partial charge in [-0.2, -0.15) is 0 Å². The van der Waals surface area contributed by atoms with E-state index in [-0.39, 0.29) is 30.8 Å². The van der Waals surface area contributed by atoms with Crippen LogP contribution in [0.3, 0.4) is 0 Å². The van der Waals surface area contributed by atoms with Crippen LogP contribution in [0.4, 0.5) is 0 Å². The van der Waals surface area contributed by atoms with Gasteiger partial charge in [-0.15, -0.1) is 0 Å². The van der Waals surface area contributed by atoms with E-state index in [1.807, 2.05) is 84.9 Å². The Labute approximate surface area is 211 Å². The van der Waals surface area contributed by atoms with Gasteiger partial charge in [0.2, 0.25) is 5.91 Å². The molecule has 4 rings (SSSR count). The molecule has 0 saturated carbocycles. The first-order valence-electron chi connectivity index (χ1n) is 12.1. The van der Waals surface area contributed by atoms with Crippen LogP contribution in [0.25, 0.3) is 11.1 Å². The highest BCUT2D eigenvalue weighted by Crippen LogP contribution is 2.25. The Balaban J connectivity index is 1.37. The zero-order chi connectivity index (χ0) is 25.3. The van der Waals surface area contributed by atoms with Crippen molar-refractivity contribution in [2.24, 2.45) is 5.16 Å². The average Bonchev–Trinajstić information content (AvgIpc) is 3.34. The van der Waals surface area contributed by atoms with Gasteiger partial charge in [0.15, 0.2) is 0 Å². The van der Waals surface area contributed by atoms with Crippen molar-refractivity contribution in [2.75, 3.05) is 20.2 Å². The maximum Gasteiger partial charge on any atom is 0.254 e. The van der Waals surface area contributed by atoms with E-state index in [0.29, 0.717) is 24.9 Å². The summed E-state index contributed by atoms with van der Waals surface area (Å²) in [6.45, 7) is 0.506. The number of likely N-dealkylation sites (tertiary alicyclic amines) is 1. The molecule has 0 spiro atoms. The molecule has 2 amide bonds. The van der Waals surface area contributed by atoms with Crippen molar-refractivity contribution < 1.29 is 19.5 Å². The highest BCUT2D eigenvalue weighted by Gasteiger charge is 2.34. The van der Waals surface area contributed by atoms with Crippen LogP contribution >= 0.6 is 0 Å². The third kappa shape index (κ3) is 6.37. The number of oxime groups is 1. The van der Waals surface area contributed by atoms with Gasteiger partial charge in [0, 0.05) is 31.0 Å². The standard InChI is InChI=1S/C29H31N3O4/c1-36-31-25-18-26(16-17-28(34)30-19-27(33)23-10-6-3-7-11-23)32(20-25)29(35)24-14-12-22(13-15-24)21-8-4-2-5-9-21/h2-15,26-27,33H,16-20H2,1H3,(H,30,34)/b31-25+/t26-,27+/m1/s1. The highest BCUT2D eigenvalue weighted by molar-refractivity contribution is 6.00. The van der Waals surface area contributed by atoms with E-state index >= 15 is 0 Å². The molecule has 1 fully saturated rings. The predicted molar refractivity (Wildman–Crippen MR) is 139 cm³/mol. The van der Waals surface area contributed by atoms with Crippen molar-refractivity contribution in [3.8, 4) is 11.1 Å². The summed E-state index contributed by atoms with van der Waals surface area (Å²) in [6, 6.07) is 26.6. The fourth-order valence-electron chi connectivity index (χ4n) is 4.45. The smallest absolute Gasteiger partial charge is 0.254 e. The lowest BCUT2D eigenvalue weighted by atomic mass is 10.0. The Bertz CT molecular complexity index is 1180. The Morgan fingerprint density at radius 1 is 1.00 bits per heavy atom. The zero-order valence-corrected chi connectivity index (χ0v) is 20.3. The third-order valence-electron chi connectivity index (χ3n) is 6.37. The summed E-state index contributed by atoms with van der Waals surface area (Å²) < 4.78 is 0. The molecule has 2 N–H and O–H groups in total. The number of aliphatic hydroxyl groups is 1. The van der Waals surface area contributed by atoms with Gasteiger partial charge in [-0.1, -0.05) is 78.0 Å². The van der Waals surface area contributed by atoms with Gasteiger partial charge in [-0.3, -0.25) is 9.59 Å². The highest BCUT2D eigenvalue weighted by atomic mass is 16.6. The molecule has 0 radical (unpaired) electrons. The van der Waals surface area contributed by atoms with E-state index in [0.717, 1.165) is 22.4 Å². The Hall–Kier alpha value is -3.97. The quantitative estimate of drug-likeness (QED) is 0.445. The Morgan fingerprint density at radius 3 is 2.31 bits per heavy atom. The molecule has 2 atom stereocenters. The van der Waals surface area contributed by atoms with E-state index in [1.54, 1.807) is 4.90 Å². The van der Waals surface area contributed by atoms with E-state index in [2.05, 4.69) is 10.5 Å². The third-order valence-corrected chi connectivity index (χ3v) is 6.37. The van der Waals surface area contributed by atoms with Crippen molar-refractivity contribution in [1.82, 2.24) is 10.2 Å². The van der Waals surface area contributed by atoms with Crippen molar-refractivity contribution in [2.45, 2.75) is 31.4 Å². The summed E-state index contributed by atoms with van der Waals surface area (Å²) in [6.07, 6.45) is 0.521. The van der Waals surface area contributed by atoms with E-state index in [1.165, 1.54) is 7.11 Å². The molecule has 3 aromatic carbocycles. The summed E-state index contributed by atoms with van der Waals surface area (Å²) in [5.74, 6) is -0.262. The number of rotatable bonds is 9. The maximum absolute atomic E-state index is 13.4. The van der Waals surface area contributed by atoms with E-state index in [9.17, 15) is 14.7 Å². The SMILES string of the molecule is CO/N=C1\C[C@@H](CCC(=O)NC[C@H](O)c2ccccc2)N(C(=O)c2ccc(-c3ccccc3)cc2)C1. The largest absolute Gasteiger partial charge is 0.399 e. The zero-order valence-electron chi connectivity index (χ0n) is 20.3. The summed E-state index contributed by atoms with van der Waals surface area (Å²) >= 11 is 0. The second kappa shape index (κ2) is 12.1. The van der Waals surface area contributed by atoms with Crippen LogP contribution < -0.4 is 5.32 Å². The van der Waals surface area contributed by atoms with Crippen molar-refractivity contribution in [3.05, 3.63) is 96.1 Å². The van der Waals surface area contributed by atoms with Gasteiger partial charge in [-0.25, -0.2) is 0 Å². The normalized spacial score (nSPS) is 17.1. The molecular formula is C29H31N3O4. The number of hydrogen-bond acceptors (Lipinski definition) is 5. The van der Waals surface area contributed by atoms with Crippen LogP contribution in [0, 0.1) is 0 Å². The van der Waals surface area contributed by atoms with E-state index < -0.39 is 6.10 Å². The molecule has 0 aromatic heterocycles. The average molecular weight is 486 g/mol.